The second kappa shape index (κ2) is 5.09. The van der Waals surface area contributed by atoms with Crippen LogP contribution in [0.2, 0.25) is 5.02 Å². The lowest BCUT2D eigenvalue weighted by Crippen LogP contribution is -2.01. The smallest absolute Gasteiger partial charge is 0.337 e. The molecule has 106 valence electrons. The van der Waals surface area contributed by atoms with Crippen molar-refractivity contribution in [3.8, 4) is 11.4 Å². The van der Waals surface area contributed by atoms with Crippen molar-refractivity contribution < 1.29 is 14.3 Å². The first-order chi connectivity index (χ1) is 9.97. The predicted octanol–water partition coefficient (Wildman–Crippen LogP) is 3.65. The van der Waals surface area contributed by atoms with Crippen LogP contribution in [-0.4, -0.2) is 25.7 Å². The molecule has 0 spiro atoms. The number of carbonyl (C=O) groups is 1. The van der Waals surface area contributed by atoms with Crippen molar-refractivity contribution in [3.63, 3.8) is 0 Å². The SMILES string of the molecule is O=C(O)c1cc(Cl)c2nnc(-c3ccc(Br)cc3F)n2c1. The highest BCUT2D eigenvalue weighted by Gasteiger charge is 2.17. The minimum atomic E-state index is -1.14. The maximum Gasteiger partial charge on any atom is 0.337 e. The maximum absolute atomic E-state index is 14.0. The highest BCUT2D eigenvalue weighted by molar-refractivity contribution is 9.10. The number of benzene rings is 1. The molecule has 0 radical (unpaired) electrons. The second-order valence-electron chi connectivity index (χ2n) is 4.22. The van der Waals surface area contributed by atoms with E-state index in [0.29, 0.717) is 4.47 Å². The number of halogens is 3. The van der Waals surface area contributed by atoms with E-state index in [9.17, 15) is 9.18 Å². The van der Waals surface area contributed by atoms with Gasteiger partial charge in [0.25, 0.3) is 0 Å². The van der Waals surface area contributed by atoms with Crippen molar-refractivity contribution >= 4 is 39.1 Å². The van der Waals surface area contributed by atoms with Crippen LogP contribution in [0.4, 0.5) is 4.39 Å². The van der Waals surface area contributed by atoms with Gasteiger partial charge in [0.1, 0.15) is 5.82 Å². The van der Waals surface area contributed by atoms with Crippen LogP contribution in [0.5, 0.6) is 0 Å². The third-order valence-electron chi connectivity index (χ3n) is 2.88. The van der Waals surface area contributed by atoms with E-state index in [4.69, 9.17) is 16.7 Å². The molecule has 3 rings (SSSR count). The monoisotopic (exact) mass is 369 g/mol. The molecule has 0 unspecified atom stereocenters. The summed E-state index contributed by atoms with van der Waals surface area (Å²) in [6.45, 7) is 0. The van der Waals surface area contributed by atoms with Crippen LogP contribution >= 0.6 is 27.5 Å². The van der Waals surface area contributed by atoms with E-state index in [-0.39, 0.29) is 27.6 Å². The molecule has 1 N–H and O–H groups in total. The largest absolute Gasteiger partial charge is 0.478 e. The number of aromatic carboxylic acids is 1. The molecule has 0 atom stereocenters. The van der Waals surface area contributed by atoms with Crippen LogP contribution in [0.1, 0.15) is 10.4 Å². The number of hydrogen-bond donors (Lipinski definition) is 1. The van der Waals surface area contributed by atoms with E-state index < -0.39 is 11.8 Å². The first kappa shape index (κ1) is 14.0. The minimum absolute atomic E-state index is 0.0360. The minimum Gasteiger partial charge on any atom is -0.478 e. The van der Waals surface area contributed by atoms with Gasteiger partial charge in [0.15, 0.2) is 11.5 Å². The van der Waals surface area contributed by atoms with Crippen molar-refractivity contribution in [3.05, 3.63) is 51.3 Å². The molecular formula is C13H6BrClFN3O2. The van der Waals surface area contributed by atoms with Crippen molar-refractivity contribution in [1.29, 1.82) is 0 Å². The number of carboxylic acids is 1. The van der Waals surface area contributed by atoms with Gasteiger partial charge >= 0.3 is 5.97 Å². The molecule has 0 aliphatic carbocycles. The average molecular weight is 371 g/mol. The summed E-state index contributed by atoms with van der Waals surface area (Å²) < 4.78 is 16.0. The molecule has 0 amide bonds. The Labute approximate surface area is 131 Å². The fraction of sp³-hybridized carbons (Fsp3) is 0. The van der Waals surface area contributed by atoms with Gasteiger partial charge in [0, 0.05) is 10.7 Å². The zero-order chi connectivity index (χ0) is 15.1. The lowest BCUT2D eigenvalue weighted by atomic mass is 10.2. The van der Waals surface area contributed by atoms with Crippen LogP contribution < -0.4 is 0 Å². The molecule has 0 bridgehead atoms. The van der Waals surface area contributed by atoms with Gasteiger partial charge < -0.3 is 5.11 Å². The Morgan fingerprint density at radius 3 is 2.76 bits per heavy atom. The van der Waals surface area contributed by atoms with Crippen molar-refractivity contribution in [2.24, 2.45) is 0 Å². The van der Waals surface area contributed by atoms with E-state index in [2.05, 4.69) is 26.1 Å². The average Bonchev–Trinajstić information content (AvgIpc) is 2.83. The standard InChI is InChI=1S/C13H6BrClFN3O2/c14-7-1-2-8(10(16)4-7)11-17-18-12-9(15)3-6(13(20)21)5-19(11)12/h1-5H,(H,20,21). The Kier molecular flexibility index (Phi) is 3.38. The summed E-state index contributed by atoms with van der Waals surface area (Å²) in [7, 11) is 0. The highest BCUT2D eigenvalue weighted by atomic mass is 79.9. The van der Waals surface area contributed by atoms with Crippen molar-refractivity contribution in [2.75, 3.05) is 0 Å². The third kappa shape index (κ3) is 2.38. The van der Waals surface area contributed by atoms with E-state index in [0.717, 1.165) is 0 Å². The molecule has 1 aromatic carbocycles. The fourth-order valence-corrected chi connectivity index (χ4v) is 2.50. The Morgan fingerprint density at radius 2 is 2.10 bits per heavy atom. The molecule has 5 nitrogen and oxygen atoms in total. The molecule has 2 aromatic heterocycles. The number of carboxylic acid groups (broad SMARTS) is 1. The van der Waals surface area contributed by atoms with Crippen LogP contribution in [-0.2, 0) is 0 Å². The van der Waals surface area contributed by atoms with Gasteiger partial charge in [-0.25, -0.2) is 9.18 Å². The molecule has 0 fully saturated rings. The first-order valence-electron chi connectivity index (χ1n) is 5.70. The number of fused-ring (bicyclic) bond motifs is 1. The number of nitrogens with zero attached hydrogens (tertiary/aromatic N) is 3. The highest BCUT2D eigenvalue weighted by Crippen LogP contribution is 2.27. The van der Waals surface area contributed by atoms with Gasteiger partial charge in [0.2, 0.25) is 0 Å². The van der Waals surface area contributed by atoms with Crippen molar-refractivity contribution in [1.82, 2.24) is 14.6 Å². The Morgan fingerprint density at radius 1 is 1.33 bits per heavy atom. The van der Waals surface area contributed by atoms with Crippen LogP contribution in [0.3, 0.4) is 0 Å². The summed E-state index contributed by atoms with van der Waals surface area (Å²) in [5.74, 6) is -1.47. The molecule has 0 saturated carbocycles. The summed E-state index contributed by atoms with van der Waals surface area (Å²) in [4.78, 5) is 11.1. The summed E-state index contributed by atoms with van der Waals surface area (Å²) in [5.41, 5.74) is 0.425. The summed E-state index contributed by atoms with van der Waals surface area (Å²) in [6.07, 6.45) is 1.31. The van der Waals surface area contributed by atoms with Gasteiger partial charge in [-0.15, -0.1) is 10.2 Å². The summed E-state index contributed by atoms with van der Waals surface area (Å²) in [6, 6.07) is 5.74. The lowest BCUT2D eigenvalue weighted by Gasteiger charge is -2.04. The zero-order valence-corrected chi connectivity index (χ0v) is 12.6. The van der Waals surface area contributed by atoms with Gasteiger partial charge in [-0.05, 0) is 24.3 Å². The van der Waals surface area contributed by atoms with Gasteiger partial charge in [0.05, 0.1) is 16.1 Å². The number of pyridine rings is 1. The van der Waals surface area contributed by atoms with Crippen LogP contribution in [0.15, 0.2) is 34.9 Å². The van der Waals surface area contributed by atoms with Gasteiger partial charge in [-0.3, -0.25) is 4.40 Å². The number of hydrogen-bond acceptors (Lipinski definition) is 3. The Bertz CT molecular complexity index is 881. The second-order valence-corrected chi connectivity index (χ2v) is 5.55. The predicted molar refractivity (Wildman–Crippen MR) is 78.1 cm³/mol. The van der Waals surface area contributed by atoms with E-state index >= 15 is 0 Å². The summed E-state index contributed by atoms with van der Waals surface area (Å²) in [5, 5.41) is 17.0. The van der Waals surface area contributed by atoms with Gasteiger partial charge in [-0.2, -0.15) is 0 Å². The molecular weight excluding hydrogens is 365 g/mol. The fourth-order valence-electron chi connectivity index (χ4n) is 1.93. The van der Waals surface area contributed by atoms with E-state index in [1.165, 1.54) is 28.8 Å². The third-order valence-corrected chi connectivity index (χ3v) is 3.65. The van der Waals surface area contributed by atoms with Crippen molar-refractivity contribution in [2.45, 2.75) is 0 Å². The summed E-state index contributed by atoms with van der Waals surface area (Å²) >= 11 is 9.15. The number of rotatable bonds is 2. The molecule has 2 heterocycles. The molecule has 3 aromatic rings. The molecule has 0 aliphatic rings. The number of aromatic nitrogens is 3. The van der Waals surface area contributed by atoms with Crippen LogP contribution in [0.25, 0.3) is 17.0 Å². The Hall–Kier alpha value is -1.99. The molecule has 21 heavy (non-hydrogen) atoms. The molecule has 0 aliphatic heterocycles. The lowest BCUT2D eigenvalue weighted by molar-refractivity contribution is 0.0696. The maximum atomic E-state index is 14.0. The van der Waals surface area contributed by atoms with Gasteiger partial charge in [-0.1, -0.05) is 27.5 Å². The molecule has 0 saturated heterocycles. The van der Waals surface area contributed by atoms with E-state index in [1.54, 1.807) is 6.07 Å². The topological polar surface area (TPSA) is 67.5 Å². The zero-order valence-electron chi connectivity index (χ0n) is 10.2. The molecule has 8 heteroatoms. The first-order valence-corrected chi connectivity index (χ1v) is 6.87. The normalized spacial score (nSPS) is 11.0. The van der Waals surface area contributed by atoms with Crippen LogP contribution in [0, 0.1) is 5.82 Å². The van der Waals surface area contributed by atoms with E-state index in [1.807, 2.05) is 0 Å². The Balaban J connectivity index is 2.30. The quantitative estimate of drug-likeness (QED) is 0.748.